The van der Waals surface area contributed by atoms with Gasteiger partial charge in [-0.25, -0.2) is 0 Å². The Kier molecular flexibility index (Phi) is 3.46. The Morgan fingerprint density at radius 2 is 2.00 bits per heavy atom. The van der Waals surface area contributed by atoms with E-state index in [0.29, 0.717) is 18.6 Å². The molecular weight excluding hydrogens is 256 g/mol. The summed E-state index contributed by atoms with van der Waals surface area (Å²) in [6.45, 7) is 5.13. The van der Waals surface area contributed by atoms with Crippen LogP contribution in [0, 0.1) is 0 Å². The Morgan fingerprint density at radius 1 is 1.33 bits per heavy atom. The second-order valence-corrected chi connectivity index (χ2v) is 5.62. The van der Waals surface area contributed by atoms with Gasteiger partial charge in [0.2, 0.25) is 5.91 Å². The molecule has 3 nitrogen and oxygen atoms in total. The van der Waals surface area contributed by atoms with E-state index >= 15 is 0 Å². The lowest BCUT2D eigenvalue weighted by Gasteiger charge is -2.20. The SMILES string of the molecule is C=C(Br)CN(CC(=O)NC1CC1)C1CC1. The number of hydrogen-bond donors (Lipinski definition) is 1. The molecule has 2 fully saturated rings. The monoisotopic (exact) mass is 272 g/mol. The van der Waals surface area contributed by atoms with Gasteiger partial charge in [-0.3, -0.25) is 9.69 Å². The first kappa shape index (κ1) is 11.1. The zero-order chi connectivity index (χ0) is 10.8. The van der Waals surface area contributed by atoms with Gasteiger partial charge in [-0.1, -0.05) is 22.5 Å². The van der Waals surface area contributed by atoms with Crippen LogP contribution in [-0.2, 0) is 4.79 Å². The van der Waals surface area contributed by atoms with Crippen molar-refractivity contribution in [1.29, 1.82) is 0 Å². The van der Waals surface area contributed by atoms with E-state index in [1.165, 1.54) is 12.8 Å². The van der Waals surface area contributed by atoms with Crippen LogP contribution in [-0.4, -0.2) is 36.0 Å². The van der Waals surface area contributed by atoms with Gasteiger partial charge in [0.05, 0.1) is 6.54 Å². The number of amides is 1. The van der Waals surface area contributed by atoms with Gasteiger partial charge in [0, 0.05) is 23.1 Å². The number of halogens is 1. The van der Waals surface area contributed by atoms with Crippen LogP contribution in [0.2, 0.25) is 0 Å². The molecule has 0 unspecified atom stereocenters. The van der Waals surface area contributed by atoms with Crippen LogP contribution >= 0.6 is 15.9 Å². The molecule has 15 heavy (non-hydrogen) atoms. The first-order chi connectivity index (χ1) is 7.15. The minimum atomic E-state index is 0.165. The first-order valence-corrected chi connectivity index (χ1v) is 6.31. The van der Waals surface area contributed by atoms with E-state index in [4.69, 9.17) is 0 Å². The summed E-state index contributed by atoms with van der Waals surface area (Å²) >= 11 is 3.36. The molecule has 2 aliphatic rings. The van der Waals surface area contributed by atoms with Crippen molar-refractivity contribution in [2.75, 3.05) is 13.1 Å². The van der Waals surface area contributed by atoms with Gasteiger partial charge in [-0.15, -0.1) is 0 Å². The van der Waals surface area contributed by atoms with Crippen molar-refractivity contribution in [3.8, 4) is 0 Å². The predicted molar refractivity (Wildman–Crippen MR) is 63.8 cm³/mol. The lowest BCUT2D eigenvalue weighted by atomic mass is 10.4. The quantitative estimate of drug-likeness (QED) is 0.798. The fraction of sp³-hybridized carbons (Fsp3) is 0.727. The Balaban J connectivity index is 1.76. The van der Waals surface area contributed by atoms with Gasteiger partial charge < -0.3 is 5.32 Å². The second kappa shape index (κ2) is 4.66. The third kappa shape index (κ3) is 3.95. The number of carbonyl (C=O) groups is 1. The summed E-state index contributed by atoms with van der Waals surface area (Å²) < 4.78 is 0.952. The fourth-order valence-electron chi connectivity index (χ4n) is 1.66. The maximum Gasteiger partial charge on any atom is 0.234 e. The molecule has 0 saturated heterocycles. The highest BCUT2D eigenvalue weighted by atomic mass is 79.9. The van der Waals surface area contributed by atoms with E-state index in [1.54, 1.807) is 0 Å². The molecule has 0 aliphatic heterocycles. The number of hydrogen-bond acceptors (Lipinski definition) is 2. The van der Waals surface area contributed by atoms with E-state index in [-0.39, 0.29) is 5.91 Å². The van der Waals surface area contributed by atoms with Crippen LogP contribution in [0.1, 0.15) is 25.7 Å². The highest BCUT2D eigenvalue weighted by molar-refractivity contribution is 9.11. The molecule has 2 rings (SSSR count). The number of nitrogens with zero attached hydrogens (tertiary/aromatic N) is 1. The second-order valence-electron chi connectivity index (χ2n) is 4.50. The molecule has 1 N–H and O–H groups in total. The van der Waals surface area contributed by atoms with E-state index in [0.717, 1.165) is 23.9 Å². The van der Waals surface area contributed by atoms with Crippen LogP contribution in [0.25, 0.3) is 0 Å². The van der Waals surface area contributed by atoms with E-state index in [1.807, 2.05) is 0 Å². The van der Waals surface area contributed by atoms with Crippen molar-refractivity contribution < 1.29 is 4.79 Å². The first-order valence-electron chi connectivity index (χ1n) is 5.52. The average Bonchev–Trinajstić information content (AvgIpc) is 2.98. The maximum atomic E-state index is 11.6. The Morgan fingerprint density at radius 3 is 2.47 bits per heavy atom. The normalized spacial score (nSPS) is 20.4. The molecule has 0 heterocycles. The van der Waals surface area contributed by atoms with Crippen LogP contribution in [0.4, 0.5) is 0 Å². The Labute approximate surface area is 99.0 Å². The highest BCUT2D eigenvalue weighted by Gasteiger charge is 2.31. The summed E-state index contributed by atoms with van der Waals surface area (Å²) in [6, 6.07) is 1.06. The highest BCUT2D eigenvalue weighted by Crippen LogP contribution is 2.28. The van der Waals surface area contributed by atoms with Crippen LogP contribution in [0.5, 0.6) is 0 Å². The van der Waals surface area contributed by atoms with Gasteiger partial charge in [0.25, 0.3) is 0 Å². The molecule has 2 aliphatic carbocycles. The fourth-order valence-corrected chi connectivity index (χ4v) is 1.98. The molecule has 84 valence electrons. The van der Waals surface area contributed by atoms with Crippen LogP contribution in [0.3, 0.4) is 0 Å². The molecule has 4 heteroatoms. The van der Waals surface area contributed by atoms with Gasteiger partial charge in [-0.05, 0) is 25.7 Å². The Bertz CT molecular complexity index is 272. The summed E-state index contributed by atoms with van der Waals surface area (Å²) in [5.41, 5.74) is 0. The standard InChI is InChI=1S/C11H17BrN2O/c1-8(12)6-14(10-4-5-10)7-11(15)13-9-2-3-9/h9-10H,1-7H2,(H,13,15). The summed E-state index contributed by atoms with van der Waals surface area (Å²) in [6.07, 6.45) is 4.74. The summed E-state index contributed by atoms with van der Waals surface area (Å²) in [5, 5.41) is 3.01. The van der Waals surface area contributed by atoms with Crippen molar-refractivity contribution in [3.05, 3.63) is 11.1 Å². The Hall–Kier alpha value is -0.350. The molecule has 0 atom stereocenters. The summed E-state index contributed by atoms with van der Waals surface area (Å²) in [4.78, 5) is 13.8. The molecule has 0 bridgehead atoms. The molecule has 0 aromatic carbocycles. The van der Waals surface area contributed by atoms with Crippen molar-refractivity contribution in [2.24, 2.45) is 0 Å². The molecule has 1 amide bonds. The van der Waals surface area contributed by atoms with E-state index < -0.39 is 0 Å². The minimum absolute atomic E-state index is 0.165. The zero-order valence-corrected chi connectivity index (χ0v) is 10.4. The van der Waals surface area contributed by atoms with Crippen molar-refractivity contribution in [2.45, 2.75) is 37.8 Å². The smallest absolute Gasteiger partial charge is 0.234 e. The van der Waals surface area contributed by atoms with Crippen molar-refractivity contribution >= 4 is 21.8 Å². The molecule has 2 saturated carbocycles. The van der Waals surface area contributed by atoms with Crippen LogP contribution < -0.4 is 5.32 Å². The maximum absolute atomic E-state index is 11.6. The predicted octanol–water partition coefficient (Wildman–Crippen LogP) is 1.64. The largest absolute Gasteiger partial charge is 0.352 e. The summed E-state index contributed by atoms with van der Waals surface area (Å²) in [5.74, 6) is 0.165. The molecule has 0 aromatic rings. The third-order valence-electron chi connectivity index (χ3n) is 2.73. The molecule has 0 radical (unpaired) electrons. The van der Waals surface area contributed by atoms with Gasteiger partial charge in [0.1, 0.15) is 0 Å². The van der Waals surface area contributed by atoms with Crippen molar-refractivity contribution in [3.63, 3.8) is 0 Å². The lowest BCUT2D eigenvalue weighted by molar-refractivity contribution is -0.122. The zero-order valence-electron chi connectivity index (χ0n) is 8.84. The topological polar surface area (TPSA) is 32.3 Å². The van der Waals surface area contributed by atoms with Gasteiger partial charge in [-0.2, -0.15) is 0 Å². The van der Waals surface area contributed by atoms with Crippen LogP contribution in [0.15, 0.2) is 11.1 Å². The summed E-state index contributed by atoms with van der Waals surface area (Å²) in [7, 11) is 0. The lowest BCUT2D eigenvalue weighted by Crippen LogP contribution is -2.39. The number of rotatable bonds is 6. The molecule has 0 aromatic heterocycles. The van der Waals surface area contributed by atoms with E-state index in [2.05, 4.69) is 32.7 Å². The molecular formula is C11H17BrN2O. The molecule has 0 spiro atoms. The number of nitrogens with one attached hydrogen (secondary N) is 1. The van der Waals surface area contributed by atoms with Gasteiger partial charge in [0.15, 0.2) is 0 Å². The third-order valence-corrected chi connectivity index (χ3v) is 2.98. The van der Waals surface area contributed by atoms with Crippen molar-refractivity contribution in [1.82, 2.24) is 10.2 Å². The number of carbonyl (C=O) groups excluding carboxylic acids is 1. The minimum Gasteiger partial charge on any atom is -0.352 e. The van der Waals surface area contributed by atoms with E-state index in [9.17, 15) is 4.79 Å². The van der Waals surface area contributed by atoms with Gasteiger partial charge >= 0.3 is 0 Å². The average molecular weight is 273 g/mol.